The molecule has 0 unspecified atom stereocenters. The van der Waals surface area contributed by atoms with Gasteiger partial charge in [-0.15, -0.1) is 13.2 Å². The molecule has 1 heterocycles. The van der Waals surface area contributed by atoms with Crippen molar-refractivity contribution in [1.82, 2.24) is 4.90 Å². The number of nitrogens with zero attached hydrogens (tertiary/aromatic N) is 1. The highest BCUT2D eigenvalue weighted by molar-refractivity contribution is 5.31. The van der Waals surface area contributed by atoms with Crippen molar-refractivity contribution in [2.45, 2.75) is 18.9 Å². The first-order valence-corrected chi connectivity index (χ1v) is 6.31. The van der Waals surface area contributed by atoms with Crippen LogP contribution < -0.4 is 9.47 Å². The molecule has 7 heteroatoms. The summed E-state index contributed by atoms with van der Waals surface area (Å²) in [6.07, 6.45) is -4.18. The van der Waals surface area contributed by atoms with E-state index in [4.69, 9.17) is 4.74 Å². The standard InChI is InChI=1S/C13H16F3NO3/c14-13(15,16)20-12-3-1-11(2-4-12)19-8-7-17-6-5-10(18)9-17/h1-4,10,18H,5-9H2/t10-/m0/s1. The van der Waals surface area contributed by atoms with Crippen LogP contribution in [0, 0.1) is 0 Å². The van der Waals surface area contributed by atoms with Gasteiger partial charge in [0.1, 0.15) is 18.1 Å². The molecule has 0 bridgehead atoms. The average molecular weight is 291 g/mol. The smallest absolute Gasteiger partial charge is 0.492 e. The monoisotopic (exact) mass is 291 g/mol. The minimum atomic E-state index is -4.68. The first-order valence-electron chi connectivity index (χ1n) is 6.31. The lowest BCUT2D eigenvalue weighted by Crippen LogP contribution is -2.27. The van der Waals surface area contributed by atoms with Gasteiger partial charge in [-0.1, -0.05) is 0 Å². The lowest BCUT2D eigenvalue weighted by Gasteiger charge is -2.15. The first-order chi connectivity index (χ1) is 9.42. The molecule has 1 saturated heterocycles. The molecule has 1 fully saturated rings. The molecule has 1 aromatic rings. The third kappa shape index (κ3) is 4.90. The van der Waals surface area contributed by atoms with Gasteiger partial charge in [-0.05, 0) is 30.7 Å². The number of rotatable bonds is 5. The van der Waals surface area contributed by atoms with Crippen LogP contribution in [0.3, 0.4) is 0 Å². The van der Waals surface area contributed by atoms with Gasteiger partial charge in [0.25, 0.3) is 0 Å². The van der Waals surface area contributed by atoms with Gasteiger partial charge in [-0.25, -0.2) is 0 Å². The molecular formula is C13H16F3NO3. The van der Waals surface area contributed by atoms with Crippen LogP contribution in [0.15, 0.2) is 24.3 Å². The van der Waals surface area contributed by atoms with Crippen LogP contribution in [0.5, 0.6) is 11.5 Å². The molecule has 1 aliphatic heterocycles. The van der Waals surface area contributed by atoms with Crippen LogP contribution in [-0.4, -0.2) is 48.7 Å². The van der Waals surface area contributed by atoms with Gasteiger partial charge in [0.05, 0.1) is 6.10 Å². The highest BCUT2D eigenvalue weighted by Gasteiger charge is 2.30. The van der Waals surface area contributed by atoms with Crippen molar-refractivity contribution in [1.29, 1.82) is 0 Å². The normalized spacial score (nSPS) is 20.1. The Morgan fingerprint density at radius 3 is 2.40 bits per heavy atom. The Bertz CT molecular complexity index is 422. The van der Waals surface area contributed by atoms with Crippen LogP contribution in [0.2, 0.25) is 0 Å². The van der Waals surface area contributed by atoms with Crippen molar-refractivity contribution in [2.75, 3.05) is 26.2 Å². The molecule has 112 valence electrons. The van der Waals surface area contributed by atoms with E-state index in [-0.39, 0.29) is 11.9 Å². The quantitative estimate of drug-likeness (QED) is 0.901. The Kier molecular flexibility index (Phi) is 4.72. The number of hydrogen-bond donors (Lipinski definition) is 1. The average Bonchev–Trinajstić information content (AvgIpc) is 2.75. The highest BCUT2D eigenvalue weighted by atomic mass is 19.4. The zero-order chi connectivity index (χ0) is 14.6. The summed E-state index contributed by atoms with van der Waals surface area (Å²) in [6.45, 7) is 2.58. The summed E-state index contributed by atoms with van der Waals surface area (Å²) in [7, 11) is 0. The first kappa shape index (κ1) is 14.9. The molecule has 20 heavy (non-hydrogen) atoms. The Hall–Kier alpha value is -1.47. The number of halogens is 3. The fraction of sp³-hybridized carbons (Fsp3) is 0.538. The van der Waals surface area contributed by atoms with E-state index in [1.165, 1.54) is 24.3 Å². The van der Waals surface area contributed by atoms with Gasteiger partial charge in [0.15, 0.2) is 0 Å². The zero-order valence-corrected chi connectivity index (χ0v) is 10.8. The third-order valence-electron chi connectivity index (χ3n) is 2.98. The second-order valence-electron chi connectivity index (χ2n) is 4.61. The summed E-state index contributed by atoms with van der Waals surface area (Å²) >= 11 is 0. The van der Waals surface area contributed by atoms with Gasteiger partial charge in [-0.2, -0.15) is 0 Å². The lowest BCUT2D eigenvalue weighted by atomic mass is 10.3. The molecule has 0 amide bonds. The minimum Gasteiger partial charge on any atom is -0.492 e. The molecule has 0 spiro atoms. The van der Waals surface area contributed by atoms with E-state index in [0.29, 0.717) is 25.4 Å². The molecule has 1 atom stereocenters. The predicted molar refractivity (Wildman–Crippen MR) is 65.7 cm³/mol. The van der Waals surface area contributed by atoms with Gasteiger partial charge in [-0.3, -0.25) is 4.90 Å². The second-order valence-corrected chi connectivity index (χ2v) is 4.61. The Morgan fingerprint density at radius 2 is 1.85 bits per heavy atom. The SMILES string of the molecule is O[C@H]1CCN(CCOc2ccc(OC(F)(F)F)cc2)C1. The zero-order valence-electron chi connectivity index (χ0n) is 10.8. The van der Waals surface area contributed by atoms with E-state index in [1.54, 1.807) is 0 Å². The largest absolute Gasteiger partial charge is 0.573 e. The van der Waals surface area contributed by atoms with Gasteiger partial charge in [0, 0.05) is 19.6 Å². The number of β-amino-alcohol motifs (C(OH)–C–C–N with tert-alkyl or cyclic N) is 1. The Labute approximate surface area is 114 Å². The molecule has 1 aliphatic rings. The Balaban J connectivity index is 1.73. The fourth-order valence-corrected chi connectivity index (χ4v) is 2.05. The maximum atomic E-state index is 12.0. The summed E-state index contributed by atoms with van der Waals surface area (Å²) < 4.78 is 45.1. The second kappa shape index (κ2) is 6.32. The molecule has 0 aliphatic carbocycles. The topological polar surface area (TPSA) is 41.9 Å². The van der Waals surface area contributed by atoms with E-state index >= 15 is 0 Å². The number of hydrogen-bond acceptors (Lipinski definition) is 4. The van der Waals surface area contributed by atoms with E-state index in [0.717, 1.165) is 13.0 Å². The minimum absolute atomic E-state index is 0.270. The van der Waals surface area contributed by atoms with E-state index in [9.17, 15) is 18.3 Å². The van der Waals surface area contributed by atoms with Gasteiger partial charge >= 0.3 is 6.36 Å². The van der Waals surface area contributed by atoms with Gasteiger partial charge < -0.3 is 14.6 Å². The summed E-state index contributed by atoms with van der Waals surface area (Å²) in [4.78, 5) is 2.08. The molecule has 1 aromatic carbocycles. The van der Waals surface area contributed by atoms with Crippen LogP contribution in [0.1, 0.15) is 6.42 Å². The number of aliphatic hydroxyl groups excluding tert-OH is 1. The third-order valence-corrected chi connectivity index (χ3v) is 2.98. The Morgan fingerprint density at radius 1 is 1.20 bits per heavy atom. The molecule has 1 N–H and O–H groups in total. The van der Waals surface area contributed by atoms with Crippen molar-refractivity contribution < 1.29 is 27.8 Å². The maximum Gasteiger partial charge on any atom is 0.573 e. The van der Waals surface area contributed by atoms with Crippen molar-refractivity contribution in [3.63, 3.8) is 0 Å². The predicted octanol–water partition coefficient (Wildman–Crippen LogP) is 2.03. The van der Waals surface area contributed by atoms with Crippen LogP contribution in [0.25, 0.3) is 0 Å². The summed E-state index contributed by atoms with van der Waals surface area (Å²) in [6, 6.07) is 5.28. The molecule has 0 saturated carbocycles. The maximum absolute atomic E-state index is 12.0. The molecule has 4 nitrogen and oxygen atoms in total. The van der Waals surface area contributed by atoms with Crippen molar-refractivity contribution >= 4 is 0 Å². The molecular weight excluding hydrogens is 275 g/mol. The molecule has 0 radical (unpaired) electrons. The van der Waals surface area contributed by atoms with Crippen LogP contribution >= 0.6 is 0 Å². The van der Waals surface area contributed by atoms with E-state index in [2.05, 4.69) is 9.64 Å². The van der Waals surface area contributed by atoms with Crippen molar-refractivity contribution in [3.8, 4) is 11.5 Å². The van der Waals surface area contributed by atoms with E-state index in [1.807, 2.05) is 0 Å². The van der Waals surface area contributed by atoms with Crippen LogP contribution in [-0.2, 0) is 0 Å². The van der Waals surface area contributed by atoms with Crippen molar-refractivity contribution in [2.24, 2.45) is 0 Å². The highest BCUT2D eigenvalue weighted by Crippen LogP contribution is 2.24. The molecule has 2 rings (SSSR count). The van der Waals surface area contributed by atoms with Gasteiger partial charge in [0.2, 0.25) is 0 Å². The number of aliphatic hydroxyl groups is 1. The summed E-state index contributed by atoms with van der Waals surface area (Å²) in [5.41, 5.74) is 0. The fourth-order valence-electron chi connectivity index (χ4n) is 2.05. The van der Waals surface area contributed by atoms with E-state index < -0.39 is 6.36 Å². The summed E-state index contributed by atoms with van der Waals surface area (Å²) in [5.74, 6) is 0.215. The van der Waals surface area contributed by atoms with Crippen molar-refractivity contribution in [3.05, 3.63) is 24.3 Å². The number of ether oxygens (including phenoxy) is 2. The van der Waals surface area contributed by atoms with Crippen LogP contribution in [0.4, 0.5) is 13.2 Å². The number of benzene rings is 1. The number of likely N-dealkylation sites (tertiary alicyclic amines) is 1. The summed E-state index contributed by atoms with van der Waals surface area (Å²) in [5, 5.41) is 9.35. The molecule has 0 aromatic heterocycles. The lowest BCUT2D eigenvalue weighted by molar-refractivity contribution is -0.274. The number of alkyl halides is 3.